The van der Waals surface area contributed by atoms with Gasteiger partial charge in [0, 0.05) is 6.54 Å². The summed E-state index contributed by atoms with van der Waals surface area (Å²) < 4.78 is 5.52. The zero-order valence-corrected chi connectivity index (χ0v) is 9.23. The SMILES string of the molecule is CN(C)CCCOc1cccc(C#N)c1. The Balaban J connectivity index is 2.35. The molecule has 15 heavy (non-hydrogen) atoms. The van der Waals surface area contributed by atoms with Gasteiger partial charge >= 0.3 is 0 Å². The van der Waals surface area contributed by atoms with Crippen molar-refractivity contribution < 1.29 is 4.74 Å². The van der Waals surface area contributed by atoms with E-state index in [-0.39, 0.29) is 0 Å². The van der Waals surface area contributed by atoms with Gasteiger partial charge < -0.3 is 9.64 Å². The molecule has 0 aromatic heterocycles. The van der Waals surface area contributed by atoms with Crippen LogP contribution >= 0.6 is 0 Å². The third-order valence-electron chi connectivity index (χ3n) is 1.98. The third-order valence-corrected chi connectivity index (χ3v) is 1.98. The molecule has 0 N–H and O–H groups in total. The number of nitriles is 1. The van der Waals surface area contributed by atoms with Crippen molar-refractivity contribution in [3.63, 3.8) is 0 Å². The molecule has 0 atom stereocenters. The lowest BCUT2D eigenvalue weighted by atomic mass is 10.2. The van der Waals surface area contributed by atoms with Crippen LogP contribution in [-0.4, -0.2) is 32.1 Å². The highest BCUT2D eigenvalue weighted by molar-refractivity contribution is 5.36. The summed E-state index contributed by atoms with van der Waals surface area (Å²) >= 11 is 0. The van der Waals surface area contributed by atoms with Crippen LogP contribution < -0.4 is 4.74 Å². The lowest BCUT2D eigenvalue weighted by Gasteiger charge is -2.10. The van der Waals surface area contributed by atoms with Gasteiger partial charge in [0.05, 0.1) is 18.2 Å². The van der Waals surface area contributed by atoms with Gasteiger partial charge in [-0.15, -0.1) is 0 Å². The predicted molar refractivity (Wildman–Crippen MR) is 59.8 cm³/mol. The molecule has 0 aliphatic heterocycles. The Kier molecular flexibility index (Phi) is 4.65. The molecule has 0 heterocycles. The van der Waals surface area contributed by atoms with E-state index in [0.717, 1.165) is 18.7 Å². The van der Waals surface area contributed by atoms with Crippen LogP contribution in [0.3, 0.4) is 0 Å². The minimum atomic E-state index is 0.639. The zero-order valence-electron chi connectivity index (χ0n) is 9.23. The molecule has 0 saturated carbocycles. The summed E-state index contributed by atoms with van der Waals surface area (Å²) in [6.45, 7) is 1.70. The van der Waals surface area contributed by atoms with Gasteiger partial charge in [-0.05, 0) is 38.7 Å². The van der Waals surface area contributed by atoms with Crippen molar-refractivity contribution in [3.05, 3.63) is 29.8 Å². The summed E-state index contributed by atoms with van der Waals surface area (Å²) in [6, 6.07) is 9.32. The van der Waals surface area contributed by atoms with Crippen LogP contribution in [0.2, 0.25) is 0 Å². The second-order valence-electron chi connectivity index (χ2n) is 3.64. The molecular formula is C12H16N2O. The maximum atomic E-state index is 8.69. The van der Waals surface area contributed by atoms with E-state index in [4.69, 9.17) is 10.00 Å². The minimum Gasteiger partial charge on any atom is -0.494 e. The van der Waals surface area contributed by atoms with Gasteiger partial charge in [-0.25, -0.2) is 0 Å². The van der Waals surface area contributed by atoms with Gasteiger partial charge in [-0.1, -0.05) is 6.07 Å². The standard InChI is InChI=1S/C12H16N2O/c1-14(2)7-4-8-15-12-6-3-5-11(9-12)10-13/h3,5-6,9H,4,7-8H2,1-2H3. The molecule has 0 unspecified atom stereocenters. The molecule has 3 nitrogen and oxygen atoms in total. The van der Waals surface area contributed by atoms with E-state index >= 15 is 0 Å². The zero-order chi connectivity index (χ0) is 11.1. The van der Waals surface area contributed by atoms with Crippen LogP contribution in [0.1, 0.15) is 12.0 Å². The Morgan fingerprint density at radius 3 is 2.87 bits per heavy atom. The minimum absolute atomic E-state index is 0.639. The second-order valence-corrected chi connectivity index (χ2v) is 3.64. The van der Waals surface area contributed by atoms with Crippen molar-refractivity contribution in [2.24, 2.45) is 0 Å². The first kappa shape index (κ1) is 11.5. The number of ether oxygens (including phenoxy) is 1. The van der Waals surface area contributed by atoms with Gasteiger partial charge in [0.2, 0.25) is 0 Å². The van der Waals surface area contributed by atoms with Crippen molar-refractivity contribution in [2.75, 3.05) is 27.2 Å². The van der Waals surface area contributed by atoms with Crippen LogP contribution in [-0.2, 0) is 0 Å². The lowest BCUT2D eigenvalue weighted by molar-refractivity contribution is 0.281. The molecule has 0 saturated heterocycles. The van der Waals surface area contributed by atoms with E-state index in [1.165, 1.54) is 0 Å². The second kappa shape index (κ2) is 6.05. The van der Waals surface area contributed by atoms with Crippen LogP contribution in [0, 0.1) is 11.3 Å². The van der Waals surface area contributed by atoms with E-state index in [1.807, 2.05) is 26.2 Å². The summed E-state index contributed by atoms with van der Waals surface area (Å²) in [5.74, 6) is 0.771. The first-order chi connectivity index (χ1) is 7.22. The fourth-order valence-corrected chi connectivity index (χ4v) is 1.23. The van der Waals surface area contributed by atoms with E-state index in [9.17, 15) is 0 Å². The smallest absolute Gasteiger partial charge is 0.120 e. The average molecular weight is 204 g/mol. The average Bonchev–Trinajstić information content (AvgIpc) is 2.24. The molecule has 3 heteroatoms. The Bertz CT molecular complexity index is 342. The Morgan fingerprint density at radius 2 is 2.20 bits per heavy atom. The van der Waals surface area contributed by atoms with Gasteiger partial charge in [-0.3, -0.25) is 0 Å². The molecule has 0 fully saturated rings. The Hall–Kier alpha value is -1.53. The molecule has 0 aliphatic carbocycles. The lowest BCUT2D eigenvalue weighted by Crippen LogP contribution is -2.15. The number of nitrogens with zero attached hydrogens (tertiary/aromatic N) is 2. The van der Waals surface area contributed by atoms with Crippen molar-refractivity contribution in [1.82, 2.24) is 4.90 Å². The largest absolute Gasteiger partial charge is 0.494 e. The summed E-state index contributed by atoms with van der Waals surface area (Å²) in [4.78, 5) is 2.12. The Labute approximate surface area is 90.9 Å². The van der Waals surface area contributed by atoms with Crippen molar-refractivity contribution in [3.8, 4) is 11.8 Å². The topological polar surface area (TPSA) is 36.3 Å². The highest BCUT2D eigenvalue weighted by atomic mass is 16.5. The maximum absolute atomic E-state index is 8.69. The van der Waals surface area contributed by atoms with E-state index in [0.29, 0.717) is 12.2 Å². The van der Waals surface area contributed by atoms with Crippen molar-refractivity contribution in [1.29, 1.82) is 5.26 Å². The molecule has 0 amide bonds. The van der Waals surface area contributed by atoms with Crippen LogP contribution in [0.15, 0.2) is 24.3 Å². The number of benzene rings is 1. The summed E-state index contributed by atoms with van der Waals surface area (Å²) in [7, 11) is 4.08. The van der Waals surface area contributed by atoms with E-state index in [2.05, 4.69) is 11.0 Å². The fraction of sp³-hybridized carbons (Fsp3) is 0.417. The molecular weight excluding hydrogens is 188 g/mol. The Morgan fingerprint density at radius 1 is 1.40 bits per heavy atom. The van der Waals surface area contributed by atoms with Crippen LogP contribution in [0.5, 0.6) is 5.75 Å². The summed E-state index contributed by atoms with van der Waals surface area (Å²) in [5.41, 5.74) is 0.639. The highest BCUT2D eigenvalue weighted by Gasteiger charge is 1.96. The summed E-state index contributed by atoms with van der Waals surface area (Å²) in [5, 5.41) is 8.69. The highest BCUT2D eigenvalue weighted by Crippen LogP contribution is 2.12. The maximum Gasteiger partial charge on any atom is 0.120 e. The van der Waals surface area contributed by atoms with Crippen molar-refractivity contribution >= 4 is 0 Å². The number of hydrogen-bond donors (Lipinski definition) is 0. The van der Waals surface area contributed by atoms with Crippen LogP contribution in [0.25, 0.3) is 0 Å². The number of hydrogen-bond acceptors (Lipinski definition) is 3. The molecule has 0 bridgehead atoms. The molecule has 0 aliphatic rings. The first-order valence-electron chi connectivity index (χ1n) is 5.00. The molecule has 0 radical (unpaired) electrons. The molecule has 1 aromatic carbocycles. The first-order valence-corrected chi connectivity index (χ1v) is 5.00. The molecule has 80 valence electrons. The quantitative estimate of drug-likeness (QED) is 0.687. The third kappa shape index (κ3) is 4.48. The summed E-state index contributed by atoms with van der Waals surface area (Å²) in [6.07, 6.45) is 0.990. The molecule has 0 spiro atoms. The fourth-order valence-electron chi connectivity index (χ4n) is 1.23. The molecule has 1 rings (SSSR count). The predicted octanol–water partition coefficient (Wildman–Crippen LogP) is 1.89. The van der Waals surface area contributed by atoms with Gasteiger partial charge in [0.1, 0.15) is 5.75 Å². The monoisotopic (exact) mass is 204 g/mol. The van der Waals surface area contributed by atoms with Gasteiger partial charge in [0.15, 0.2) is 0 Å². The van der Waals surface area contributed by atoms with Gasteiger partial charge in [0.25, 0.3) is 0 Å². The van der Waals surface area contributed by atoms with E-state index in [1.54, 1.807) is 12.1 Å². The number of rotatable bonds is 5. The van der Waals surface area contributed by atoms with E-state index < -0.39 is 0 Å². The van der Waals surface area contributed by atoms with Gasteiger partial charge in [-0.2, -0.15) is 5.26 Å². The molecule has 1 aromatic rings. The van der Waals surface area contributed by atoms with Crippen molar-refractivity contribution in [2.45, 2.75) is 6.42 Å². The normalized spacial score (nSPS) is 10.0. The van der Waals surface area contributed by atoms with Crippen LogP contribution in [0.4, 0.5) is 0 Å².